The Morgan fingerprint density at radius 2 is 1.59 bits per heavy atom. The molecule has 0 aliphatic rings. The SMILES string of the molecule is Cc1cc(=O)c(C(=O)OCC(=O)N(Cc2ccccc2)C(C)(C)C)nn1-c1ccccc1. The molecule has 0 atom stereocenters. The van der Waals surface area contributed by atoms with Gasteiger partial charge in [-0.1, -0.05) is 48.5 Å². The monoisotopic (exact) mass is 433 g/mol. The zero-order valence-electron chi connectivity index (χ0n) is 18.7. The van der Waals surface area contributed by atoms with Crippen molar-refractivity contribution in [3.63, 3.8) is 0 Å². The van der Waals surface area contributed by atoms with Crippen LogP contribution in [0.4, 0.5) is 0 Å². The first-order valence-corrected chi connectivity index (χ1v) is 10.3. The van der Waals surface area contributed by atoms with Crippen LogP contribution < -0.4 is 5.43 Å². The lowest BCUT2D eigenvalue weighted by Gasteiger charge is -2.35. The van der Waals surface area contributed by atoms with Gasteiger partial charge in [0.25, 0.3) is 5.91 Å². The quantitative estimate of drug-likeness (QED) is 0.556. The summed E-state index contributed by atoms with van der Waals surface area (Å²) in [4.78, 5) is 39.5. The highest BCUT2D eigenvalue weighted by Gasteiger charge is 2.28. The van der Waals surface area contributed by atoms with Gasteiger partial charge in [0.15, 0.2) is 6.61 Å². The fourth-order valence-corrected chi connectivity index (χ4v) is 3.26. The largest absolute Gasteiger partial charge is 0.451 e. The summed E-state index contributed by atoms with van der Waals surface area (Å²) in [6.07, 6.45) is 0. The van der Waals surface area contributed by atoms with Gasteiger partial charge in [0.05, 0.1) is 5.69 Å². The molecule has 0 aliphatic heterocycles. The summed E-state index contributed by atoms with van der Waals surface area (Å²) in [7, 11) is 0. The normalized spacial score (nSPS) is 11.1. The molecule has 0 N–H and O–H groups in total. The number of esters is 1. The van der Waals surface area contributed by atoms with E-state index >= 15 is 0 Å². The van der Waals surface area contributed by atoms with E-state index in [2.05, 4.69) is 5.10 Å². The minimum absolute atomic E-state index is 0.356. The van der Waals surface area contributed by atoms with Gasteiger partial charge in [-0.25, -0.2) is 9.48 Å². The highest BCUT2D eigenvalue weighted by molar-refractivity contribution is 5.89. The van der Waals surface area contributed by atoms with E-state index in [-0.39, 0.29) is 11.6 Å². The fraction of sp³-hybridized carbons (Fsp3) is 0.280. The number of carbonyl (C=O) groups excluding carboxylic acids is 2. The number of benzene rings is 2. The minimum atomic E-state index is -0.929. The van der Waals surface area contributed by atoms with Crippen LogP contribution in [0.25, 0.3) is 5.69 Å². The zero-order chi connectivity index (χ0) is 23.3. The van der Waals surface area contributed by atoms with Crippen LogP contribution >= 0.6 is 0 Å². The molecule has 0 radical (unpaired) electrons. The first-order valence-electron chi connectivity index (χ1n) is 10.3. The van der Waals surface area contributed by atoms with Gasteiger partial charge in [0.2, 0.25) is 11.1 Å². The zero-order valence-corrected chi connectivity index (χ0v) is 18.7. The number of aromatic nitrogens is 2. The molecule has 3 rings (SSSR count). The van der Waals surface area contributed by atoms with Gasteiger partial charge in [0, 0.05) is 23.8 Å². The van der Waals surface area contributed by atoms with Crippen molar-refractivity contribution in [3.8, 4) is 5.69 Å². The van der Waals surface area contributed by atoms with Crippen molar-refractivity contribution in [2.24, 2.45) is 0 Å². The lowest BCUT2D eigenvalue weighted by molar-refractivity contribution is -0.140. The standard InChI is InChI=1S/C25H27N3O4/c1-18-15-21(29)23(26-28(18)20-13-9-6-10-14-20)24(31)32-17-22(30)27(25(2,3)4)16-19-11-7-5-8-12-19/h5-15H,16-17H2,1-4H3. The van der Waals surface area contributed by atoms with Crippen LogP contribution in [0.1, 0.15) is 42.5 Å². The number of hydrogen-bond donors (Lipinski definition) is 0. The van der Waals surface area contributed by atoms with E-state index in [1.807, 2.05) is 81.4 Å². The molecule has 2 aromatic carbocycles. The number of ether oxygens (including phenoxy) is 1. The van der Waals surface area contributed by atoms with Gasteiger partial charge < -0.3 is 9.64 Å². The molecule has 0 saturated heterocycles. The topological polar surface area (TPSA) is 81.5 Å². The summed E-state index contributed by atoms with van der Waals surface area (Å²) in [6.45, 7) is 7.36. The maximum Gasteiger partial charge on any atom is 0.363 e. The van der Waals surface area contributed by atoms with E-state index in [4.69, 9.17) is 4.74 Å². The third-order valence-electron chi connectivity index (χ3n) is 4.92. The molecule has 7 nitrogen and oxygen atoms in total. The van der Waals surface area contributed by atoms with E-state index in [0.717, 1.165) is 5.56 Å². The fourth-order valence-electron chi connectivity index (χ4n) is 3.26. The molecular formula is C25H27N3O4. The average molecular weight is 434 g/mol. The van der Waals surface area contributed by atoms with Crippen LogP contribution in [0.3, 0.4) is 0 Å². The van der Waals surface area contributed by atoms with E-state index in [1.54, 1.807) is 11.8 Å². The van der Waals surface area contributed by atoms with Crippen LogP contribution in [0.15, 0.2) is 71.5 Å². The first-order chi connectivity index (χ1) is 15.2. The Morgan fingerprint density at radius 3 is 2.19 bits per heavy atom. The molecule has 1 amide bonds. The van der Waals surface area contributed by atoms with Crippen LogP contribution in [0.2, 0.25) is 0 Å². The van der Waals surface area contributed by atoms with Crippen LogP contribution in [-0.2, 0) is 16.1 Å². The van der Waals surface area contributed by atoms with Gasteiger partial charge in [-0.3, -0.25) is 9.59 Å². The summed E-state index contributed by atoms with van der Waals surface area (Å²) < 4.78 is 6.71. The second-order valence-electron chi connectivity index (χ2n) is 8.46. The molecular weight excluding hydrogens is 406 g/mol. The minimum Gasteiger partial charge on any atom is -0.451 e. The molecule has 1 heterocycles. The number of nitrogens with zero attached hydrogens (tertiary/aromatic N) is 3. The second kappa shape index (κ2) is 9.60. The molecule has 0 unspecified atom stereocenters. The second-order valence-corrected chi connectivity index (χ2v) is 8.46. The maximum absolute atomic E-state index is 12.9. The Morgan fingerprint density at radius 1 is 1.00 bits per heavy atom. The predicted molar refractivity (Wildman–Crippen MR) is 122 cm³/mol. The Hall–Kier alpha value is -3.74. The number of rotatable bonds is 6. The summed E-state index contributed by atoms with van der Waals surface area (Å²) in [6, 6.07) is 20.1. The van der Waals surface area contributed by atoms with Gasteiger partial charge >= 0.3 is 5.97 Å². The smallest absolute Gasteiger partial charge is 0.363 e. The van der Waals surface area contributed by atoms with E-state index in [9.17, 15) is 14.4 Å². The molecule has 0 fully saturated rings. The highest BCUT2D eigenvalue weighted by Crippen LogP contribution is 2.18. The van der Waals surface area contributed by atoms with Gasteiger partial charge in [0.1, 0.15) is 0 Å². The van der Waals surface area contributed by atoms with Gasteiger partial charge in [-0.15, -0.1) is 0 Å². The van der Waals surface area contributed by atoms with Crippen molar-refractivity contribution >= 4 is 11.9 Å². The lowest BCUT2D eigenvalue weighted by atomic mass is 10.0. The molecule has 7 heteroatoms. The lowest BCUT2D eigenvalue weighted by Crippen LogP contribution is -2.47. The summed E-state index contributed by atoms with van der Waals surface area (Å²) >= 11 is 0. The number of aryl methyl sites for hydroxylation is 1. The maximum atomic E-state index is 12.9. The van der Waals surface area contributed by atoms with Crippen molar-refractivity contribution in [2.75, 3.05) is 6.61 Å². The summed E-state index contributed by atoms with van der Waals surface area (Å²) in [5.41, 5.74) is 0.851. The summed E-state index contributed by atoms with van der Waals surface area (Å²) in [5, 5.41) is 4.19. The number of carbonyl (C=O) groups is 2. The Bertz CT molecular complexity index is 1150. The van der Waals surface area contributed by atoms with Crippen molar-refractivity contribution in [3.05, 3.63) is 93.9 Å². The van der Waals surface area contributed by atoms with Crippen LogP contribution in [-0.4, -0.2) is 38.7 Å². The highest BCUT2D eigenvalue weighted by atomic mass is 16.5. The first kappa shape index (κ1) is 22.9. The Kier molecular flexibility index (Phi) is 6.88. The van der Waals surface area contributed by atoms with Crippen molar-refractivity contribution in [1.29, 1.82) is 0 Å². The Balaban J connectivity index is 1.77. The van der Waals surface area contributed by atoms with Crippen LogP contribution in [0, 0.1) is 6.92 Å². The average Bonchev–Trinajstić information content (AvgIpc) is 2.76. The van der Waals surface area contributed by atoms with E-state index < -0.39 is 23.5 Å². The predicted octanol–water partition coefficient (Wildman–Crippen LogP) is 3.53. The van der Waals surface area contributed by atoms with Crippen molar-refractivity contribution < 1.29 is 14.3 Å². The molecule has 3 aromatic rings. The molecule has 1 aromatic heterocycles. The Labute approximate surface area is 187 Å². The van der Waals surface area contributed by atoms with E-state index in [1.165, 1.54) is 10.7 Å². The molecule has 166 valence electrons. The molecule has 0 aliphatic carbocycles. The van der Waals surface area contributed by atoms with Crippen molar-refractivity contribution in [2.45, 2.75) is 39.8 Å². The van der Waals surface area contributed by atoms with Gasteiger partial charge in [-0.2, -0.15) is 5.10 Å². The number of para-hydroxylation sites is 1. The third-order valence-corrected chi connectivity index (χ3v) is 4.92. The molecule has 0 spiro atoms. The van der Waals surface area contributed by atoms with Crippen LogP contribution in [0.5, 0.6) is 0 Å². The number of hydrogen-bond acceptors (Lipinski definition) is 5. The molecule has 0 bridgehead atoms. The molecule has 32 heavy (non-hydrogen) atoms. The van der Waals surface area contributed by atoms with E-state index in [0.29, 0.717) is 17.9 Å². The van der Waals surface area contributed by atoms with Crippen molar-refractivity contribution in [1.82, 2.24) is 14.7 Å². The number of amides is 1. The molecule has 0 saturated carbocycles. The van der Waals surface area contributed by atoms with Gasteiger partial charge in [-0.05, 0) is 45.4 Å². The third kappa shape index (κ3) is 5.49. The summed E-state index contributed by atoms with van der Waals surface area (Å²) in [5.74, 6) is -1.29.